The van der Waals surface area contributed by atoms with Gasteiger partial charge in [0.15, 0.2) is 0 Å². The molecule has 1 aliphatic rings. The van der Waals surface area contributed by atoms with Crippen molar-refractivity contribution in [2.24, 2.45) is 0 Å². The maximum atomic E-state index is 5.37. The zero-order chi connectivity index (χ0) is 10.2. The van der Waals surface area contributed by atoms with Crippen molar-refractivity contribution in [3.63, 3.8) is 0 Å². The Hall–Kier alpha value is -1.26. The molecule has 4 heteroatoms. The van der Waals surface area contributed by atoms with E-state index < -0.39 is 0 Å². The summed E-state index contributed by atoms with van der Waals surface area (Å²) >= 11 is 0. The topological polar surface area (TPSA) is 70.5 Å². The lowest BCUT2D eigenvalue weighted by Gasteiger charge is -2.09. The normalized spacial score (nSPS) is 15.4. The van der Waals surface area contributed by atoms with Gasteiger partial charge in [0.25, 0.3) is 0 Å². The molecule has 4 N–H and O–H groups in total. The maximum absolute atomic E-state index is 5.37. The van der Waals surface area contributed by atoms with Gasteiger partial charge in [-0.2, -0.15) is 0 Å². The molecular formula is C10H16N2O2. The minimum absolute atomic E-state index is 0.749. The highest BCUT2D eigenvalue weighted by Crippen LogP contribution is 2.04. The summed E-state index contributed by atoms with van der Waals surface area (Å²) in [7, 11) is 0. The predicted molar refractivity (Wildman–Crippen MR) is 56.9 cm³/mol. The van der Waals surface area contributed by atoms with Crippen LogP contribution in [0.5, 0.6) is 0 Å². The first-order valence-electron chi connectivity index (χ1n) is 4.55. The number of anilines is 2. The van der Waals surface area contributed by atoms with Crippen LogP contribution in [0.4, 0.5) is 11.4 Å². The van der Waals surface area contributed by atoms with E-state index in [2.05, 4.69) is 0 Å². The number of nitrogen functional groups attached to an aromatic ring is 2. The number of hydrogen-bond acceptors (Lipinski definition) is 4. The van der Waals surface area contributed by atoms with Crippen LogP contribution < -0.4 is 11.5 Å². The molecule has 1 heterocycles. The summed E-state index contributed by atoms with van der Waals surface area (Å²) in [5.41, 5.74) is 12.2. The van der Waals surface area contributed by atoms with Gasteiger partial charge in [0, 0.05) is 11.4 Å². The van der Waals surface area contributed by atoms with Crippen LogP contribution in [0.15, 0.2) is 24.3 Å². The second-order valence-corrected chi connectivity index (χ2v) is 2.89. The second kappa shape index (κ2) is 6.23. The minimum Gasteiger partial charge on any atom is -0.399 e. The average Bonchev–Trinajstić information content (AvgIpc) is 2.26. The third kappa shape index (κ3) is 4.69. The molecular weight excluding hydrogens is 180 g/mol. The van der Waals surface area contributed by atoms with Gasteiger partial charge in [0.05, 0.1) is 26.4 Å². The fraction of sp³-hybridized carbons (Fsp3) is 0.400. The van der Waals surface area contributed by atoms with Crippen LogP contribution in [-0.4, -0.2) is 26.4 Å². The van der Waals surface area contributed by atoms with Gasteiger partial charge in [0.2, 0.25) is 0 Å². The van der Waals surface area contributed by atoms with E-state index in [4.69, 9.17) is 20.9 Å². The van der Waals surface area contributed by atoms with Crippen LogP contribution in [0.1, 0.15) is 0 Å². The van der Waals surface area contributed by atoms with Crippen molar-refractivity contribution in [1.29, 1.82) is 0 Å². The zero-order valence-corrected chi connectivity index (χ0v) is 8.11. The molecule has 0 atom stereocenters. The third-order valence-electron chi connectivity index (χ3n) is 1.68. The first-order valence-corrected chi connectivity index (χ1v) is 4.55. The first kappa shape index (κ1) is 10.8. The number of nitrogens with two attached hydrogens (primary N) is 2. The Morgan fingerprint density at radius 2 is 1.00 bits per heavy atom. The Morgan fingerprint density at radius 3 is 1.21 bits per heavy atom. The van der Waals surface area contributed by atoms with Crippen molar-refractivity contribution in [1.82, 2.24) is 0 Å². The van der Waals surface area contributed by atoms with Gasteiger partial charge >= 0.3 is 0 Å². The van der Waals surface area contributed by atoms with E-state index in [1.807, 2.05) is 0 Å². The van der Waals surface area contributed by atoms with E-state index in [0.717, 1.165) is 37.8 Å². The molecule has 2 rings (SSSR count). The van der Waals surface area contributed by atoms with E-state index in [0.29, 0.717) is 0 Å². The van der Waals surface area contributed by atoms with Crippen LogP contribution in [0.2, 0.25) is 0 Å². The van der Waals surface area contributed by atoms with Crippen molar-refractivity contribution in [3.8, 4) is 0 Å². The quantitative estimate of drug-likeness (QED) is 0.604. The summed E-state index contributed by atoms with van der Waals surface area (Å²) in [5, 5.41) is 0. The molecule has 0 aliphatic carbocycles. The van der Waals surface area contributed by atoms with Crippen molar-refractivity contribution < 1.29 is 9.47 Å². The highest BCUT2D eigenvalue weighted by molar-refractivity contribution is 5.47. The van der Waals surface area contributed by atoms with Gasteiger partial charge < -0.3 is 20.9 Å². The van der Waals surface area contributed by atoms with Crippen LogP contribution >= 0.6 is 0 Å². The van der Waals surface area contributed by atoms with Gasteiger partial charge in [-0.3, -0.25) is 0 Å². The van der Waals surface area contributed by atoms with Crippen molar-refractivity contribution >= 4 is 11.4 Å². The highest BCUT2D eigenvalue weighted by Gasteiger charge is 1.94. The summed E-state index contributed by atoms with van der Waals surface area (Å²) in [6.45, 7) is 3.11. The van der Waals surface area contributed by atoms with Crippen LogP contribution in [0, 0.1) is 0 Å². The lowest BCUT2D eigenvalue weighted by atomic mass is 10.3. The Kier molecular flexibility index (Phi) is 4.82. The van der Waals surface area contributed by atoms with Crippen molar-refractivity contribution in [2.75, 3.05) is 37.9 Å². The first-order chi connectivity index (χ1) is 6.79. The average molecular weight is 196 g/mol. The Balaban J connectivity index is 0.000000146. The molecule has 1 saturated heterocycles. The Morgan fingerprint density at radius 1 is 0.714 bits per heavy atom. The molecule has 14 heavy (non-hydrogen) atoms. The molecule has 0 radical (unpaired) electrons. The van der Waals surface area contributed by atoms with Gasteiger partial charge in [-0.25, -0.2) is 0 Å². The van der Waals surface area contributed by atoms with Gasteiger partial charge in [-0.05, 0) is 24.3 Å². The molecule has 4 nitrogen and oxygen atoms in total. The van der Waals surface area contributed by atoms with E-state index in [-0.39, 0.29) is 0 Å². The van der Waals surface area contributed by atoms with Gasteiger partial charge in [0.1, 0.15) is 0 Å². The van der Waals surface area contributed by atoms with E-state index in [9.17, 15) is 0 Å². The van der Waals surface area contributed by atoms with E-state index >= 15 is 0 Å². The zero-order valence-electron chi connectivity index (χ0n) is 8.11. The monoisotopic (exact) mass is 196 g/mol. The Labute approximate surface area is 83.8 Å². The molecule has 0 bridgehead atoms. The standard InChI is InChI=1S/C6H8N2.C4H8O2/c7-5-1-2-6(8)4-3-5;1-2-6-4-3-5-1/h1-4H,7-8H2;1-4H2. The number of hydrogen-bond donors (Lipinski definition) is 2. The van der Waals surface area contributed by atoms with E-state index in [1.165, 1.54) is 0 Å². The minimum atomic E-state index is 0.749. The largest absolute Gasteiger partial charge is 0.399 e. The number of rotatable bonds is 0. The summed E-state index contributed by atoms with van der Waals surface area (Å²) in [6, 6.07) is 7.09. The molecule has 0 aromatic heterocycles. The van der Waals surface area contributed by atoms with Crippen LogP contribution in [0.25, 0.3) is 0 Å². The molecule has 1 aliphatic heterocycles. The second-order valence-electron chi connectivity index (χ2n) is 2.89. The lowest BCUT2D eigenvalue weighted by Crippen LogP contribution is -2.16. The fourth-order valence-corrected chi connectivity index (χ4v) is 0.936. The number of ether oxygens (including phenoxy) is 2. The third-order valence-corrected chi connectivity index (χ3v) is 1.68. The molecule has 1 aromatic rings. The molecule has 78 valence electrons. The predicted octanol–water partition coefficient (Wildman–Crippen LogP) is 0.884. The SMILES string of the molecule is C1COCCO1.Nc1ccc(N)cc1. The van der Waals surface area contributed by atoms with Gasteiger partial charge in [-0.1, -0.05) is 0 Å². The fourth-order valence-electron chi connectivity index (χ4n) is 0.936. The van der Waals surface area contributed by atoms with Crippen LogP contribution in [0.3, 0.4) is 0 Å². The lowest BCUT2D eigenvalue weighted by molar-refractivity contribution is -0.0334. The van der Waals surface area contributed by atoms with Crippen LogP contribution in [-0.2, 0) is 9.47 Å². The summed E-state index contributed by atoms with van der Waals surface area (Å²) in [6.07, 6.45) is 0. The molecule has 0 spiro atoms. The Bertz CT molecular complexity index is 212. The van der Waals surface area contributed by atoms with Crippen molar-refractivity contribution in [2.45, 2.75) is 0 Å². The smallest absolute Gasteiger partial charge is 0.0701 e. The van der Waals surface area contributed by atoms with E-state index in [1.54, 1.807) is 24.3 Å². The van der Waals surface area contributed by atoms with Crippen molar-refractivity contribution in [3.05, 3.63) is 24.3 Å². The molecule has 0 unspecified atom stereocenters. The molecule has 1 fully saturated rings. The van der Waals surface area contributed by atoms with Gasteiger partial charge in [-0.15, -0.1) is 0 Å². The summed E-state index contributed by atoms with van der Waals surface area (Å²) in [5.74, 6) is 0. The molecule has 0 amide bonds. The highest BCUT2D eigenvalue weighted by atomic mass is 16.6. The summed E-state index contributed by atoms with van der Waals surface area (Å²) < 4.78 is 9.89. The summed E-state index contributed by atoms with van der Waals surface area (Å²) in [4.78, 5) is 0. The molecule has 0 saturated carbocycles. The maximum Gasteiger partial charge on any atom is 0.0701 e. The number of benzene rings is 1. The molecule has 1 aromatic carbocycles.